The average molecular weight is 377 g/mol. The zero-order chi connectivity index (χ0) is 19.1. The number of rotatable bonds is 7. The summed E-state index contributed by atoms with van der Waals surface area (Å²) in [4.78, 5) is 25.1. The van der Waals surface area contributed by atoms with Crippen LogP contribution in [-0.4, -0.2) is 67.0 Å². The number of nitrogens with zero attached hydrogens (tertiary/aromatic N) is 1. The molecule has 2 aliphatic rings. The topological polar surface area (TPSA) is 85.3 Å². The van der Waals surface area contributed by atoms with E-state index in [1.54, 1.807) is 24.3 Å². The summed E-state index contributed by atoms with van der Waals surface area (Å²) in [5.41, 5.74) is 0.507. The lowest BCUT2D eigenvalue weighted by Gasteiger charge is -2.33. The number of piperidine rings is 1. The highest BCUT2D eigenvalue weighted by Crippen LogP contribution is 2.20. The summed E-state index contributed by atoms with van der Waals surface area (Å²) < 4.78 is 16.8. The third-order valence-electron chi connectivity index (χ3n) is 4.96. The predicted octanol–water partition coefficient (Wildman–Crippen LogP) is 2.34. The lowest BCUT2D eigenvalue weighted by molar-refractivity contribution is -0.139. The van der Waals surface area contributed by atoms with Crippen LogP contribution in [0, 0.1) is 0 Å². The number of hydrogen-bond donors (Lipinski definition) is 1. The van der Waals surface area contributed by atoms with Gasteiger partial charge in [0, 0.05) is 25.3 Å². The van der Waals surface area contributed by atoms with Gasteiger partial charge in [0.1, 0.15) is 5.75 Å². The van der Waals surface area contributed by atoms with Gasteiger partial charge in [-0.05, 0) is 50.3 Å². The molecule has 2 heterocycles. The number of carbonyl (C=O) groups is 2. The lowest BCUT2D eigenvalue weighted by Crippen LogP contribution is -2.41. The van der Waals surface area contributed by atoms with Crippen molar-refractivity contribution in [2.45, 2.75) is 44.3 Å². The maximum Gasteiger partial charge on any atom is 0.341 e. The van der Waals surface area contributed by atoms with Crippen LogP contribution in [0.3, 0.4) is 0 Å². The van der Waals surface area contributed by atoms with E-state index < -0.39 is 12.6 Å². The zero-order valence-electron chi connectivity index (χ0n) is 15.5. The fourth-order valence-electron chi connectivity index (χ4n) is 3.45. The molecule has 1 unspecified atom stereocenters. The fraction of sp³-hybridized carbons (Fsp3) is 0.600. The summed E-state index contributed by atoms with van der Waals surface area (Å²) in [6, 6.07) is 6.66. The number of benzene rings is 1. The number of amides is 1. The monoisotopic (exact) mass is 377 g/mol. The third kappa shape index (κ3) is 5.94. The molecule has 0 radical (unpaired) electrons. The second-order valence-electron chi connectivity index (χ2n) is 7.02. The fourth-order valence-corrected chi connectivity index (χ4v) is 3.45. The van der Waals surface area contributed by atoms with Crippen molar-refractivity contribution >= 4 is 11.9 Å². The normalized spacial score (nSPS) is 21.0. The van der Waals surface area contributed by atoms with Crippen LogP contribution in [-0.2, 0) is 14.3 Å². The second kappa shape index (κ2) is 9.71. The first-order chi connectivity index (χ1) is 13.1. The third-order valence-corrected chi connectivity index (χ3v) is 4.96. The number of likely N-dealkylation sites (tertiary alicyclic amines) is 1. The SMILES string of the molecule is O=C(O)COc1cccc(C(=O)N2CCC(OCC3CCCCO3)CC2)c1. The maximum atomic E-state index is 12.7. The molecule has 0 bridgehead atoms. The largest absolute Gasteiger partial charge is 0.482 e. The van der Waals surface area contributed by atoms with E-state index in [2.05, 4.69) is 0 Å². The van der Waals surface area contributed by atoms with Crippen LogP contribution in [0.1, 0.15) is 42.5 Å². The van der Waals surface area contributed by atoms with Gasteiger partial charge in [0.15, 0.2) is 6.61 Å². The van der Waals surface area contributed by atoms with Gasteiger partial charge in [0.25, 0.3) is 5.91 Å². The van der Waals surface area contributed by atoms with Crippen LogP contribution in [0.4, 0.5) is 0 Å². The summed E-state index contributed by atoms with van der Waals surface area (Å²) >= 11 is 0. The molecule has 3 rings (SSSR count). The van der Waals surface area contributed by atoms with E-state index in [0.717, 1.165) is 32.3 Å². The Kier molecular flexibility index (Phi) is 7.06. The molecule has 1 atom stereocenters. The van der Waals surface area contributed by atoms with Crippen LogP contribution < -0.4 is 4.74 Å². The van der Waals surface area contributed by atoms with Gasteiger partial charge >= 0.3 is 5.97 Å². The minimum absolute atomic E-state index is 0.0650. The Bertz CT molecular complexity index is 635. The molecular weight excluding hydrogens is 350 g/mol. The number of aliphatic carboxylic acids is 1. The number of ether oxygens (including phenoxy) is 3. The predicted molar refractivity (Wildman–Crippen MR) is 98.0 cm³/mol. The van der Waals surface area contributed by atoms with Crippen molar-refractivity contribution in [2.24, 2.45) is 0 Å². The van der Waals surface area contributed by atoms with E-state index in [0.29, 0.717) is 31.0 Å². The lowest BCUT2D eigenvalue weighted by atomic mass is 10.1. The molecule has 0 aromatic heterocycles. The summed E-state index contributed by atoms with van der Waals surface area (Å²) in [6.07, 6.45) is 5.42. The minimum Gasteiger partial charge on any atom is -0.482 e. The molecule has 0 aliphatic carbocycles. The molecule has 0 saturated carbocycles. The van der Waals surface area contributed by atoms with Gasteiger partial charge in [-0.15, -0.1) is 0 Å². The Labute approximate surface area is 159 Å². The minimum atomic E-state index is -1.05. The van der Waals surface area contributed by atoms with Crippen LogP contribution >= 0.6 is 0 Å². The summed E-state index contributed by atoms with van der Waals surface area (Å²) in [6.45, 7) is 2.34. The molecule has 27 heavy (non-hydrogen) atoms. The number of hydrogen-bond acceptors (Lipinski definition) is 5. The Morgan fingerprint density at radius 3 is 2.70 bits per heavy atom. The van der Waals surface area contributed by atoms with E-state index in [9.17, 15) is 9.59 Å². The van der Waals surface area contributed by atoms with Crippen LogP contribution in [0.5, 0.6) is 5.75 Å². The molecule has 7 heteroatoms. The molecule has 1 aromatic carbocycles. The Morgan fingerprint density at radius 1 is 1.19 bits per heavy atom. The Balaban J connectivity index is 1.45. The summed E-state index contributed by atoms with van der Waals surface area (Å²) in [5, 5.41) is 8.69. The van der Waals surface area contributed by atoms with E-state index >= 15 is 0 Å². The van der Waals surface area contributed by atoms with Gasteiger partial charge in [-0.3, -0.25) is 4.79 Å². The molecule has 2 aliphatic heterocycles. The maximum absolute atomic E-state index is 12.7. The van der Waals surface area contributed by atoms with Gasteiger partial charge < -0.3 is 24.2 Å². The first-order valence-corrected chi connectivity index (χ1v) is 9.59. The van der Waals surface area contributed by atoms with Crippen molar-refractivity contribution in [2.75, 3.05) is 32.9 Å². The van der Waals surface area contributed by atoms with Crippen molar-refractivity contribution in [1.29, 1.82) is 0 Å². The van der Waals surface area contributed by atoms with Gasteiger partial charge in [-0.1, -0.05) is 6.07 Å². The quantitative estimate of drug-likeness (QED) is 0.785. The first kappa shape index (κ1) is 19.6. The molecule has 7 nitrogen and oxygen atoms in total. The van der Waals surface area contributed by atoms with Crippen molar-refractivity contribution in [3.8, 4) is 5.75 Å². The van der Waals surface area contributed by atoms with E-state index in [1.165, 1.54) is 6.42 Å². The zero-order valence-corrected chi connectivity index (χ0v) is 15.5. The van der Waals surface area contributed by atoms with Crippen molar-refractivity contribution in [1.82, 2.24) is 4.90 Å². The highest BCUT2D eigenvalue weighted by molar-refractivity contribution is 5.94. The molecule has 0 spiro atoms. The van der Waals surface area contributed by atoms with E-state index in [-0.39, 0.29) is 18.1 Å². The highest BCUT2D eigenvalue weighted by Gasteiger charge is 2.25. The number of carbonyl (C=O) groups excluding carboxylic acids is 1. The molecule has 1 N–H and O–H groups in total. The molecule has 2 saturated heterocycles. The van der Waals surface area contributed by atoms with Crippen LogP contribution in [0.15, 0.2) is 24.3 Å². The van der Waals surface area contributed by atoms with Gasteiger partial charge in [-0.25, -0.2) is 4.79 Å². The molecule has 1 amide bonds. The second-order valence-corrected chi connectivity index (χ2v) is 7.02. The van der Waals surface area contributed by atoms with Crippen molar-refractivity contribution in [3.05, 3.63) is 29.8 Å². The van der Waals surface area contributed by atoms with Crippen molar-refractivity contribution in [3.63, 3.8) is 0 Å². The molecule has 2 fully saturated rings. The van der Waals surface area contributed by atoms with Crippen molar-refractivity contribution < 1.29 is 28.9 Å². The summed E-state index contributed by atoms with van der Waals surface area (Å²) in [7, 11) is 0. The molecular formula is C20H27NO6. The number of carboxylic acid groups (broad SMARTS) is 1. The Hall–Kier alpha value is -2.12. The van der Waals surface area contributed by atoms with E-state index in [1.807, 2.05) is 4.90 Å². The van der Waals surface area contributed by atoms with Crippen LogP contribution in [0.2, 0.25) is 0 Å². The highest BCUT2D eigenvalue weighted by atomic mass is 16.5. The van der Waals surface area contributed by atoms with Gasteiger partial charge in [0.2, 0.25) is 0 Å². The smallest absolute Gasteiger partial charge is 0.341 e. The van der Waals surface area contributed by atoms with Gasteiger partial charge in [0.05, 0.1) is 18.8 Å². The van der Waals surface area contributed by atoms with Crippen LogP contribution in [0.25, 0.3) is 0 Å². The number of carboxylic acids is 1. The van der Waals surface area contributed by atoms with E-state index in [4.69, 9.17) is 19.3 Å². The Morgan fingerprint density at radius 2 is 2.00 bits per heavy atom. The summed E-state index contributed by atoms with van der Waals surface area (Å²) in [5.74, 6) is -0.730. The molecule has 1 aromatic rings. The standard InChI is InChI=1S/C20H27NO6/c22-19(23)14-27-17-6-3-4-15(12-17)20(24)21-9-7-16(8-10-21)26-13-18-5-1-2-11-25-18/h3-4,6,12,16,18H,1-2,5,7-11,13-14H2,(H,22,23). The van der Waals surface area contributed by atoms with Gasteiger partial charge in [-0.2, -0.15) is 0 Å². The average Bonchev–Trinajstić information content (AvgIpc) is 2.71. The molecule has 148 valence electrons. The first-order valence-electron chi connectivity index (χ1n) is 9.59.